The second-order valence-electron chi connectivity index (χ2n) is 5.86. The van der Waals surface area contributed by atoms with Crippen molar-refractivity contribution in [3.05, 3.63) is 66.4 Å². The molecule has 5 heteroatoms. The monoisotopic (exact) mass is 326 g/mol. The van der Waals surface area contributed by atoms with Gasteiger partial charge in [-0.05, 0) is 43.3 Å². The first-order valence-corrected chi connectivity index (χ1v) is 7.93. The molecule has 0 amide bonds. The van der Waals surface area contributed by atoms with Crippen molar-refractivity contribution in [3.8, 4) is 39.9 Å². The number of hydrogen-bond donors (Lipinski definition) is 2. The number of phenols is 1. The lowest BCUT2D eigenvalue weighted by Gasteiger charge is -2.01. The summed E-state index contributed by atoms with van der Waals surface area (Å²) in [4.78, 5) is 7.90. The molecule has 2 aromatic heterocycles. The van der Waals surface area contributed by atoms with Crippen molar-refractivity contribution in [2.24, 2.45) is 0 Å². The van der Waals surface area contributed by atoms with E-state index in [1.165, 1.54) is 0 Å². The number of benzene rings is 2. The van der Waals surface area contributed by atoms with Gasteiger partial charge in [0.15, 0.2) is 11.6 Å². The maximum absolute atomic E-state index is 9.44. The van der Waals surface area contributed by atoms with Crippen LogP contribution in [0.4, 0.5) is 0 Å². The molecule has 4 nitrogen and oxygen atoms in total. The number of phenolic OH excluding ortho intramolecular Hbond substituents is 1. The van der Waals surface area contributed by atoms with Gasteiger partial charge in [0.2, 0.25) is 0 Å². The SMILES string of the molecule is [B]c1ccccc1-c1ccc(-c2nc(-c3ccc(O)cc3)c(C)[nH]2)o1. The van der Waals surface area contributed by atoms with E-state index in [9.17, 15) is 5.11 Å². The van der Waals surface area contributed by atoms with Crippen LogP contribution in [0, 0.1) is 6.92 Å². The van der Waals surface area contributed by atoms with E-state index >= 15 is 0 Å². The third kappa shape index (κ3) is 2.85. The molecule has 120 valence electrons. The molecular formula is C20H15BN2O2. The zero-order valence-electron chi connectivity index (χ0n) is 13.7. The van der Waals surface area contributed by atoms with E-state index in [4.69, 9.17) is 12.3 Å². The third-order valence-corrected chi connectivity index (χ3v) is 4.09. The number of furan rings is 1. The molecule has 0 saturated heterocycles. The smallest absolute Gasteiger partial charge is 0.174 e. The Morgan fingerprint density at radius 1 is 0.960 bits per heavy atom. The summed E-state index contributed by atoms with van der Waals surface area (Å²) in [6, 6.07) is 18.3. The molecule has 2 aromatic carbocycles. The number of H-pyrrole nitrogens is 1. The Morgan fingerprint density at radius 2 is 1.68 bits per heavy atom. The molecule has 2 heterocycles. The summed E-state index contributed by atoms with van der Waals surface area (Å²) < 4.78 is 5.95. The topological polar surface area (TPSA) is 62.1 Å². The predicted molar refractivity (Wildman–Crippen MR) is 99.0 cm³/mol. The summed E-state index contributed by atoms with van der Waals surface area (Å²) in [5.74, 6) is 2.23. The number of aromatic hydroxyl groups is 1. The van der Waals surface area contributed by atoms with E-state index in [0.717, 1.165) is 22.5 Å². The summed E-state index contributed by atoms with van der Waals surface area (Å²) in [5.41, 5.74) is 4.21. The van der Waals surface area contributed by atoms with Crippen LogP contribution in [0.2, 0.25) is 0 Å². The van der Waals surface area contributed by atoms with Crippen LogP contribution in [0.1, 0.15) is 5.69 Å². The average molecular weight is 326 g/mol. The molecule has 4 aromatic rings. The molecule has 0 aliphatic heterocycles. The Hall–Kier alpha value is -3.21. The molecule has 2 N–H and O–H groups in total. The average Bonchev–Trinajstić information content (AvgIpc) is 3.23. The number of hydrogen-bond acceptors (Lipinski definition) is 3. The zero-order valence-corrected chi connectivity index (χ0v) is 13.7. The van der Waals surface area contributed by atoms with Crippen LogP contribution in [0.3, 0.4) is 0 Å². The van der Waals surface area contributed by atoms with E-state index in [1.54, 1.807) is 12.1 Å². The summed E-state index contributed by atoms with van der Waals surface area (Å²) >= 11 is 0. The minimum Gasteiger partial charge on any atom is -0.508 e. The molecule has 0 spiro atoms. The maximum atomic E-state index is 9.44. The normalized spacial score (nSPS) is 10.9. The number of rotatable bonds is 3. The highest BCUT2D eigenvalue weighted by Gasteiger charge is 2.14. The zero-order chi connectivity index (χ0) is 17.4. The number of aromatic nitrogens is 2. The quantitative estimate of drug-likeness (QED) is 0.563. The Labute approximate surface area is 146 Å². The van der Waals surface area contributed by atoms with E-state index in [2.05, 4.69) is 9.97 Å². The van der Waals surface area contributed by atoms with Crippen LogP contribution in [0.5, 0.6) is 5.75 Å². The van der Waals surface area contributed by atoms with Crippen LogP contribution in [-0.4, -0.2) is 22.9 Å². The number of nitrogens with one attached hydrogen (secondary N) is 1. The molecule has 4 rings (SSSR count). The van der Waals surface area contributed by atoms with Gasteiger partial charge in [-0.25, -0.2) is 4.98 Å². The minimum absolute atomic E-state index is 0.230. The van der Waals surface area contributed by atoms with Gasteiger partial charge in [-0.2, -0.15) is 0 Å². The number of imidazole rings is 1. The van der Waals surface area contributed by atoms with Crippen LogP contribution in [0.15, 0.2) is 65.1 Å². The Balaban J connectivity index is 1.71. The molecule has 0 saturated carbocycles. The van der Waals surface area contributed by atoms with Gasteiger partial charge in [-0.1, -0.05) is 29.7 Å². The fourth-order valence-electron chi connectivity index (χ4n) is 2.81. The minimum atomic E-state index is 0.230. The van der Waals surface area contributed by atoms with Gasteiger partial charge in [0, 0.05) is 16.8 Å². The van der Waals surface area contributed by atoms with Crippen molar-refractivity contribution < 1.29 is 9.52 Å². The van der Waals surface area contributed by atoms with E-state index < -0.39 is 0 Å². The molecule has 0 aliphatic carbocycles. The van der Waals surface area contributed by atoms with Gasteiger partial charge in [0.1, 0.15) is 19.4 Å². The van der Waals surface area contributed by atoms with Gasteiger partial charge in [0.05, 0.1) is 5.69 Å². The van der Waals surface area contributed by atoms with Crippen LogP contribution < -0.4 is 5.46 Å². The lowest BCUT2D eigenvalue weighted by Crippen LogP contribution is -2.04. The highest BCUT2D eigenvalue weighted by Crippen LogP contribution is 2.30. The lowest BCUT2D eigenvalue weighted by atomic mass is 9.90. The first kappa shape index (κ1) is 15.3. The molecule has 0 atom stereocenters. The fraction of sp³-hybridized carbons (Fsp3) is 0.0500. The van der Waals surface area contributed by atoms with Gasteiger partial charge < -0.3 is 14.5 Å². The van der Waals surface area contributed by atoms with Gasteiger partial charge in [0.25, 0.3) is 0 Å². The molecule has 0 fully saturated rings. The van der Waals surface area contributed by atoms with Gasteiger partial charge in [-0.15, -0.1) is 0 Å². The Kier molecular flexibility index (Phi) is 3.69. The first-order chi connectivity index (χ1) is 12.1. The number of aromatic amines is 1. The van der Waals surface area contributed by atoms with Crippen molar-refractivity contribution in [1.29, 1.82) is 0 Å². The maximum Gasteiger partial charge on any atom is 0.174 e. The number of aryl methyl sites for hydroxylation is 1. The Bertz CT molecular complexity index is 1030. The van der Waals surface area contributed by atoms with Crippen LogP contribution in [-0.2, 0) is 0 Å². The Morgan fingerprint density at radius 3 is 2.44 bits per heavy atom. The van der Waals surface area contributed by atoms with Gasteiger partial charge in [-0.3, -0.25) is 0 Å². The number of nitrogens with zero attached hydrogens (tertiary/aromatic N) is 1. The fourth-order valence-corrected chi connectivity index (χ4v) is 2.81. The highest BCUT2D eigenvalue weighted by atomic mass is 16.3. The molecule has 25 heavy (non-hydrogen) atoms. The second kappa shape index (κ2) is 6.02. The van der Waals surface area contributed by atoms with Gasteiger partial charge >= 0.3 is 0 Å². The van der Waals surface area contributed by atoms with E-state index in [0.29, 0.717) is 22.8 Å². The highest BCUT2D eigenvalue weighted by molar-refractivity contribution is 6.35. The summed E-state index contributed by atoms with van der Waals surface area (Å²) in [6.07, 6.45) is 0. The lowest BCUT2D eigenvalue weighted by molar-refractivity contribution is 0.475. The van der Waals surface area contributed by atoms with E-state index in [1.807, 2.05) is 55.5 Å². The largest absolute Gasteiger partial charge is 0.508 e. The molecule has 0 unspecified atom stereocenters. The molecule has 0 bridgehead atoms. The summed E-state index contributed by atoms with van der Waals surface area (Å²) in [6.45, 7) is 1.96. The standard InChI is InChI=1S/C20H15BN2O2/c1-12-19(13-6-8-14(24)9-7-13)23-20(22-12)18-11-10-17(25-18)15-4-2-3-5-16(15)21/h2-11,24H,1H3,(H,22,23). The van der Waals surface area contributed by atoms with Crippen molar-refractivity contribution in [2.75, 3.05) is 0 Å². The summed E-state index contributed by atoms with van der Waals surface area (Å²) in [5, 5.41) is 9.44. The second-order valence-corrected chi connectivity index (χ2v) is 5.86. The van der Waals surface area contributed by atoms with Crippen LogP contribution >= 0.6 is 0 Å². The van der Waals surface area contributed by atoms with Crippen LogP contribution in [0.25, 0.3) is 34.2 Å². The molecular weight excluding hydrogens is 311 g/mol. The summed E-state index contributed by atoms with van der Waals surface area (Å²) in [7, 11) is 6.01. The first-order valence-electron chi connectivity index (χ1n) is 7.93. The third-order valence-electron chi connectivity index (χ3n) is 4.09. The van der Waals surface area contributed by atoms with Crippen molar-refractivity contribution in [1.82, 2.24) is 9.97 Å². The molecule has 0 aliphatic rings. The van der Waals surface area contributed by atoms with Crippen molar-refractivity contribution in [2.45, 2.75) is 6.92 Å². The van der Waals surface area contributed by atoms with Crippen molar-refractivity contribution in [3.63, 3.8) is 0 Å². The molecule has 2 radical (unpaired) electrons. The predicted octanol–water partition coefficient (Wildman–Crippen LogP) is 3.81. The van der Waals surface area contributed by atoms with Crippen molar-refractivity contribution >= 4 is 13.3 Å². The van der Waals surface area contributed by atoms with E-state index in [-0.39, 0.29) is 5.75 Å².